The molecule has 0 aliphatic carbocycles. The zero-order chi connectivity index (χ0) is 14.6. The Hall–Kier alpha value is -2.63. The molecule has 0 bridgehead atoms. The molecule has 0 spiro atoms. The van der Waals surface area contributed by atoms with Crippen LogP contribution in [-0.4, -0.2) is 39.2 Å². The van der Waals surface area contributed by atoms with E-state index in [9.17, 15) is 5.21 Å². The zero-order valence-corrected chi connectivity index (χ0v) is 11.9. The Labute approximate surface area is 122 Å². The molecular weight excluding hydrogens is 266 g/mol. The number of anilines is 1. The zero-order valence-electron chi connectivity index (χ0n) is 11.9. The van der Waals surface area contributed by atoms with Crippen LogP contribution in [-0.2, 0) is 7.05 Å². The molecule has 0 unspecified atom stereocenters. The topological polar surface area (TPSA) is 59.5 Å². The van der Waals surface area contributed by atoms with Crippen molar-refractivity contribution in [1.29, 1.82) is 0 Å². The molecular formula is C15H15N5O. The van der Waals surface area contributed by atoms with Crippen molar-refractivity contribution >= 4 is 23.1 Å². The van der Waals surface area contributed by atoms with E-state index in [-0.39, 0.29) is 0 Å². The van der Waals surface area contributed by atoms with Crippen molar-refractivity contribution in [3.63, 3.8) is 0 Å². The highest BCUT2D eigenvalue weighted by Crippen LogP contribution is 2.36. The molecule has 0 atom stereocenters. The summed E-state index contributed by atoms with van der Waals surface area (Å²) in [6.07, 6.45) is 0. The third-order valence-corrected chi connectivity index (χ3v) is 3.92. The molecule has 1 aromatic carbocycles. The number of benzene rings is 1. The maximum atomic E-state index is 12.9. The number of hydrogen-bond acceptors (Lipinski definition) is 4. The first-order valence-corrected chi connectivity index (χ1v) is 6.94. The molecule has 2 aliphatic rings. The number of rotatable bonds is 1. The molecule has 0 fully saturated rings. The van der Waals surface area contributed by atoms with Gasteiger partial charge in [-0.25, -0.2) is 4.68 Å². The average Bonchev–Trinajstić information content (AvgIpc) is 3.05. The lowest BCUT2D eigenvalue weighted by Crippen LogP contribution is -2.42. The van der Waals surface area contributed by atoms with Crippen LogP contribution in [0.15, 0.2) is 35.3 Å². The van der Waals surface area contributed by atoms with Crippen molar-refractivity contribution in [2.75, 3.05) is 18.0 Å². The third-order valence-electron chi connectivity index (χ3n) is 3.92. The summed E-state index contributed by atoms with van der Waals surface area (Å²) in [4.78, 5) is 6.63. The highest BCUT2D eigenvalue weighted by Gasteiger charge is 2.41. The summed E-state index contributed by atoms with van der Waals surface area (Å²) in [6, 6.07) is 9.69. The van der Waals surface area contributed by atoms with Gasteiger partial charge in [0.1, 0.15) is 5.69 Å². The maximum Gasteiger partial charge on any atom is 0.283 e. The van der Waals surface area contributed by atoms with Gasteiger partial charge < -0.3 is 5.21 Å². The Morgan fingerprint density at radius 1 is 1.24 bits per heavy atom. The van der Waals surface area contributed by atoms with E-state index in [0.29, 0.717) is 17.9 Å². The summed E-state index contributed by atoms with van der Waals surface area (Å²) in [6.45, 7) is 3.35. The molecule has 2 aliphatic heterocycles. The van der Waals surface area contributed by atoms with Crippen molar-refractivity contribution < 1.29 is 4.74 Å². The van der Waals surface area contributed by atoms with Gasteiger partial charge in [0.2, 0.25) is 11.7 Å². The van der Waals surface area contributed by atoms with E-state index in [0.717, 1.165) is 34.2 Å². The molecule has 1 aromatic heterocycles. The van der Waals surface area contributed by atoms with Crippen LogP contribution in [0.4, 0.5) is 11.5 Å². The normalized spacial score (nSPS) is 16.9. The Morgan fingerprint density at radius 2 is 2.00 bits per heavy atom. The standard InChI is InChI=1S/C15H15N5O/c1-10-12-15(18(2)17-10)19-9-8-16-14(19)13(20(12)21)11-6-4-3-5-7-11/h3-7H,8-9H2,1-2H3. The van der Waals surface area contributed by atoms with Crippen LogP contribution in [0.25, 0.3) is 0 Å². The van der Waals surface area contributed by atoms with Crippen LogP contribution in [0.2, 0.25) is 0 Å². The van der Waals surface area contributed by atoms with Crippen molar-refractivity contribution in [2.24, 2.45) is 12.0 Å². The summed E-state index contributed by atoms with van der Waals surface area (Å²) in [5, 5.41) is 17.3. The van der Waals surface area contributed by atoms with E-state index in [1.807, 2.05) is 44.3 Å². The quantitative estimate of drug-likeness (QED) is 0.589. The lowest BCUT2D eigenvalue weighted by atomic mass is 10.1. The molecule has 0 amide bonds. The minimum Gasteiger partial charge on any atom is -0.618 e. The first kappa shape index (κ1) is 12.1. The van der Waals surface area contributed by atoms with Gasteiger partial charge in [-0.2, -0.15) is 9.84 Å². The lowest BCUT2D eigenvalue weighted by Gasteiger charge is -2.25. The van der Waals surface area contributed by atoms with E-state index in [1.165, 1.54) is 0 Å². The number of aliphatic imine (C=N–C) groups is 1. The number of amidine groups is 1. The lowest BCUT2D eigenvalue weighted by molar-refractivity contribution is -0.358. The van der Waals surface area contributed by atoms with Gasteiger partial charge in [0.15, 0.2) is 0 Å². The highest BCUT2D eigenvalue weighted by molar-refractivity contribution is 6.51. The molecule has 2 aromatic rings. The maximum absolute atomic E-state index is 12.9. The Kier molecular flexibility index (Phi) is 2.42. The van der Waals surface area contributed by atoms with Gasteiger partial charge in [-0.15, -0.1) is 0 Å². The monoisotopic (exact) mass is 281 g/mol. The van der Waals surface area contributed by atoms with E-state index in [2.05, 4.69) is 15.0 Å². The summed E-state index contributed by atoms with van der Waals surface area (Å²) in [5.41, 5.74) is 2.85. The largest absolute Gasteiger partial charge is 0.618 e. The smallest absolute Gasteiger partial charge is 0.283 e. The Bertz CT molecular complexity index is 788. The fourth-order valence-corrected chi connectivity index (χ4v) is 3.08. The molecule has 21 heavy (non-hydrogen) atoms. The second kappa shape index (κ2) is 4.18. The summed E-state index contributed by atoms with van der Waals surface area (Å²) in [7, 11) is 1.86. The van der Waals surface area contributed by atoms with Crippen LogP contribution in [0, 0.1) is 12.1 Å². The van der Waals surface area contributed by atoms with Crippen LogP contribution < -0.4 is 4.90 Å². The van der Waals surface area contributed by atoms with E-state index < -0.39 is 0 Å². The predicted octanol–water partition coefficient (Wildman–Crippen LogP) is 1.59. The molecule has 106 valence electrons. The van der Waals surface area contributed by atoms with Crippen molar-refractivity contribution in [3.05, 3.63) is 46.8 Å². The van der Waals surface area contributed by atoms with E-state index >= 15 is 0 Å². The third kappa shape index (κ3) is 1.55. The second-order valence-electron chi connectivity index (χ2n) is 5.25. The second-order valence-corrected chi connectivity index (χ2v) is 5.25. The van der Waals surface area contributed by atoms with Crippen molar-refractivity contribution in [3.8, 4) is 0 Å². The van der Waals surface area contributed by atoms with Crippen LogP contribution >= 0.6 is 0 Å². The SMILES string of the molecule is Cc1nn(C)c2c1[N+]([O-])=C(c1ccccc1)C1=NCCN12. The molecule has 0 saturated carbocycles. The van der Waals surface area contributed by atoms with Crippen molar-refractivity contribution in [1.82, 2.24) is 9.78 Å². The molecule has 6 nitrogen and oxygen atoms in total. The minimum absolute atomic E-state index is 0.608. The average molecular weight is 281 g/mol. The molecule has 0 saturated heterocycles. The number of hydrogen-bond donors (Lipinski definition) is 0. The van der Waals surface area contributed by atoms with E-state index in [4.69, 9.17) is 0 Å². The van der Waals surface area contributed by atoms with Gasteiger partial charge in [0, 0.05) is 13.6 Å². The van der Waals surface area contributed by atoms with Crippen molar-refractivity contribution in [2.45, 2.75) is 6.92 Å². The molecule has 3 heterocycles. The van der Waals surface area contributed by atoms with Crippen LogP contribution in [0.1, 0.15) is 11.3 Å². The summed E-state index contributed by atoms with van der Waals surface area (Å²) >= 11 is 0. The molecule has 6 heteroatoms. The van der Waals surface area contributed by atoms with Crippen LogP contribution in [0.5, 0.6) is 0 Å². The highest BCUT2D eigenvalue weighted by atomic mass is 16.5. The number of nitrogens with zero attached hydrogens (tertiary/aromatic N) is 5. The summed E-state index contributed by atoms with van der Waals surface area (Å²) in [5.74, 6) is 1.57. The summed E-state index contributed by atoms with van der Waals surface area (Å²) < 4.78 is 2.74. The van der Waals surface area contributed by atoms with E-state index in [1.54, 1.807) is 4.68 Å². The van der Waals surface area contributed by atoms with Gasteiger partial charge in [0.05, 0.1) is 12.1 Å². The first-order chi connectivity index (χ1) is 10.2. The number of fused-ring (bicyclic) bond motifs is 3. The number of aromatic nitrogens is 2. The molecule has 0 radical (unpaired) electrons. The van der Waals surface area contributed by atoms with Gasteiger partial charge in [-0.05, 0) is 19.1 Å². The Balaban J connectivity index is 2.05. The van der Waals surface area contributed by atoms with Gasteiger partial charge in [0.25, 0.3) is 11.4 Å². The van der Waals surface area contributed by atoms with Gasteiger partial charge in [-0.3, -0.25) is 9.89 Å². The predicted molar refractivity (Wildman–Crippen MR) is 81.4 cm³/mol. The van der Waals surface area contributed by atoms with Gasteiger partial charge in [-0.1, -0.05) is 18.2 Å². The fourth-order valence-electron chi connectivity index (χ4n) is 3.08. The minimum atomic E-state index is 0.608. The van der Waals surface area contributed by atoms with Crippen LogP contribution in [0.3, 0.4) is 0 Å². The first-order valence-electron chi connectivity index (χ1n) is 6.94. The fraction of sp³-hybridized carbons (Fsp3) is 0.267. The molecule has 4 rings (SSSR count). The Morgan fingerprint density at radius 3 is 2.76 bits per heavy atom. The van der Waals surface area contributed by atoms with Gasteiger partial charge >= 0.3 is 0 Å². The number of aryl methyl sites for hydroxylation is 2. The molecule has 0 N–H and O–H groups in total.